The van der Waals surface area contributed by atoms with Crippen LogP contribution in [0.1, 0.15) is 24.9 Å². The average Bonchev–Trinajstić information content (AvgIpc) is 2.49. The van der Waals surface area contributed by atoms with E-state index in [0.29, 0.717) is 12.6 Å². The molecule has 0 aromatic heterocycles. The molecule has 1 heterocycles. The zero-order chi connectivity index (χ0) is 13.7. The molecule has 1 aromatic rings. The molecule has 1 saturated heterocycles. The lowest BCUT2D eigenvalue weighted by Gasteiger charge is -2.34. The van der Waals surface area contributed by atoms with Gasteiger partial charge in [0.2, 0.25) is 0 Å². The fourth-order valence-electron chi connectivity index (χ4n) is 2.59. The number of nitrogens with zero attached hydrogens (tertiary/aromatic N) is 1. The molecule has 2 unspecified atom stereocenters. The first kappa shape index (κ1) is 14.3. The second-order valence-corrected chi connectivity index (χ2v) is 4.96. The second-order valence-electron chi connectivity index (χ2n) is 4.96. The number of hydrogen-bond acceptors (Lipinski definition) is 4. The first-order valence-corrected chi connectivity index (χ1v) is 7.03. The van der Waals surface area contributed by atoms with Gasteiger partial charge in [0.25, 0.3) is 0 Å². The summed E-state index contributed by atoms with van der Waals surface area (Å²) < 4.78 is 5.47. The van der Waals surface area contributed by atoms with E-state index in [9.17, 15) is 5.11 Å². The molecule has 0 radical (unpaired) electrons. The molecule has 4 heteroatoms. The molecular formula is C15H24N2O2. The van der Waals surface area contributed by atoms with E-state index in [0.717, 1.165) is 19.5 Å². The summed E-state index contributed by atoms with van der Waals surface area (Å²) >= 11 is 0. The Labute approximate surface area is 115 Å². The number of hydrogen-bond donors (Lipinski definition) is 2. The number of benzene rings is 1. The van der Waals surface area contributed by atoms with Crippen LogP contribution in [0, 0.1) is 0 Å². The van der Waals surface area contributed by atoms with Crippen LogP contribution in [-0.2, 0) is 4.74 Å². The number of aliphatic hydroxyl groups excluding tert-OH is 1. The molecule has 1 aliphatic heterocycles. The minimum Gasteiger partial charge on any atom is -0.394 e. The van der Waals surface area contributed by atoms with Crippen LogP contribution in [0.5, 0.6) is 0 Å². The van der Waals surface area contributed by atoms with Gasteiger partial charge in [0.05, 0.1) is 19.3 Å². The molecule has 19 heavy (non-hydrogen) atoms. The molecule has 1 aliphatic rings. The lowest BCUT2D eigenvalue weighted by atomic mass is 10.0. The number of morpholine rings is 1. The van der Waals surface area contributed by atoms with Gasteiger partial charge in [-0.2, -0.15) is 0 Å². The first-order chi connectivity index (χ1) is 9.28. The molecule has 1 aromatic carbocycles. The van der Waals surface area contributed by atoms with E-state index in [-0.39, 0.29) is 12.7 Å². The lowest BCUT2D eigenvalue weighted by Crippen LogP contribution is -2.44. The van der Waals surface area contributed by atoms with E-state index >= 15 is 0 Å². The van der Waals surface area contributed by atoms with Crippen LogP contribution in [0.4, 0.5) is 5.69 Å². The Bertz CT molecular complexity index is 376. The van der Waals surface area contributed by atoms with Gasteiger partial charge < -0.3 is 20.1 Å². The smallest absolute Gasteiger partial charge is 0.0980 e. The minimum atomic E-state index is -0.0610. The van der Waals surface area contributed by atoms with Crippen molar-refractivity contribution in [3.05, 3.63) is 29.8 Å². The maximum atomic E-state index is 9.18. The third-order valence-corrected chi connectivity index (χ3v) is 3.76. The molecule has 0 spiro atoms. The summed E-state index contributed by atoms with van der Waals surface area (Å²) in [6.07, 6.45) is 1.02. The largest absolute Gasteiger partial charge is 0.394 e. The van der Waals surface area contributed by atoms with E-state index in [1.165, 1.54) is 11.3 Å². The summed E-state index contributed by atoms with van der Waals surface area (Å²) in [7, 11) is 2.00. The molecule has 1 fully saturated rings. The monoisotopic (exact) mass is 264 g/mol. The Morgan fingerprint density at radius 3 is 2.74 bits per heavy atom. The van der Waals surface area contributed by atoms with Gasteiger partial charge in [-0.1, -0.05) is 19.1 Å². The maximum absolute atomic E-state index is 9.18. The van der Waals surface area contributed by atoms with E-state index in [4.69, 9.17) is 4.74 Å². The molecule has 0 amide bonds. The van der Waals surface area contributed by atoms with Gasteiger partial charge in [-0.25, -0.2) is 0 Å². The second kappa shape index (κ2) is 6.89. The highest BCUT2D eigenvalue weighted by atomic mass is 16.5. The fraction of sp³-hybridized carbons (Fsp3) is 0.600. The van der Waals surface area contributed by atoms with Crippen molar-refractivity contribution >= 4 is 5.69 Å². The van der Waals surface area contributed by atoms with Crippen molar-refractivity contribution in [2.75, 3.05) is 38.3 Å². The summed E-state index contributed by atoms with van der Waals surface area (Å²) in [6, 6.07) is 9.11. The van der Waals surface area contributed by atoms with Crippen LogP contribution in [0.2, 0.25) is 0 Å². The molecule has 0 saturated carbocycles. The van der Waals surface area contributed by atoms with Crippen molar-refractivity contribution < 1.29 is 9.84 Å². The molecular weight excluding hydrogens is 240 g/mol. The van der Waals surface area contributed by atoms with Crippen molar-refractivity contribution in [1.29, 1.82) is 0 Å². The van der Waals surface area contributed by atoms with Crippen molar-refractivity contribution in [1.82, 2.24) is 5.32 Å². The Balaban J connectivity index is 2.05. The summed E-state index contributed by atoms with van der Waals surface area (Å²) in [5, 5.41) is 12.5. The van der Waals surface area contributed by atoms with Crippen LogP contribution in [0.25, 0.3) is 0 Å². The van der Waals surface area contributed by atoms with Gasteiger partial charge >= 0.3 is 0 Å². The van der Waals surface area contributed by atoms with Crippen molar-refractivity contribution in [3.8, 4) is 0 Å². The fourth-order valence-corrected chi connectivity index (χ4v) is 2.59. The van der Waals surface area contributed by atoms with Gasteiger partial charge in [-0.05, 0) is 31.2 Å². The van der Waals surface area contributed by atoms with Gasteiger partial charge in [0.15, 0.2) is 0 Å². The highest BCUT2D eigenvalue weighted by Crippen LogP contribution is 2.22. The molecule has 0 aliphatic carbocycles. The Morgan fingerprint density at radius 2 is 2.16 bits per heavy atom. The van der Waals surface area contributed by atoms with Gasteiger partial charge in [-0.15, -0.1) is 0 Å². The average molecular weight is 264 g/mol. The third-order valence-electron chi connectivity index (χ3n) is 3.76. The van der Waals surface area contributed by atoms with E-state index < -0.39 is 0 Å². The number of anilines is 1. The zero-order valence-electron chi connectivity index (χ0n) is 11.8. The summed E-state index contributed by atoms with van der Waals surface area (Å²) in [6.45, 7) is 4.61. The highest BCUT2D eigenvalue weighted by Gasteiger charge is 2.20. The van der Waals surface area contributed by atoms with E-state index in [1.807, 2.05) is 7.05 Å². The van der Waals surface area contributed by atoms with Crippen LogP contribution in [0.3, 0.4) is 0 Å². The van der Waals surface area contributed by atoms with Crippen molar-refractivity contribution in [3.63, 3.8) is 0 Å². The molecule has 0 bridgehead atoms. The molecule has 2 rings (SSSR count). The Morgan fingerprint density at radius 1 is 1.42 bits per heavy atom. The zero-order valence-corrected chi connectivity index (χ0v) is 11.8. The van der Waals surface area contributed by atoms with Crippen molar-refractivity contribution in [2.24, 2.45) is 0 Å². The highest BCUT2D eigenvalue weighted by molar-refractivity contribution is 5.48. The van der Waals surface area contributed by atoms with Gasteiger partial charge in [0.1, 0.15) is 0 Å². The standard InChI is InChI=1S/C15H24N2O2/c1-3-15(16-2)12-4-6-13(7-5-12)17-8-9-19-14(10-17)11-18/h4-7,14-16,18H,3,8-11H2,1-2H3. The number of aliphatic hydroxyl groups is 1. The first-order valence-electron chi connectivity index (χ1n) is 7.03. The summed E-state index contributed by atoms with van der Waals surface area (Å²) in [4.78, 5) is 2.27. The third kappa shape index (κ3) is 3.47. The van der Waals surface area contributed by atoms with Crippen LogP contribution in [0.15, 0.2) is 24.3 Å². The maximum Gasteiger partial charge on any atom is 0.0980 e. The normalized spacial score (nSPS) is 21.4. The van der Waals surface area contributed by atoms with Gasteiger partial charge in [-0.3, -0.25) is 0 Å². The minimum absolute atomic E-state index is 0.0610. The Kier molecular flexibility index (Phi) is 5.19. The van der Waals surface area contributed by atoms with Crippen molar-refractivity contribution in [2.45, 2.75) is 25.5 Å². The number of nitrogens with one attached hydrogen (secondary N) is 1. The van der Waals surface area contributed by atoms with Crippen LogP contribution >= 0.6 is 0 Å². The predicted molar refractivity (Wildman–Crippen MR) is 77.6 cm³/mol. The lowest BCUT2D eigenvalue weighted by molar-refractivity contribution is 0.00357. The number of ether oxygens (including phenoxy) is 1. The molecule has 2 atom stereocenters. The summed E-state index contributed by atoms with van der Waals surface area (Å²) in [5.41, 5.74) is 2.53. The topological polar surface area (TPSA) is 44.7 Å². The molecule has 4 nitrogen and oxygen atoms in total. The van der Waals surface area contributed by atoms with Gasteiger partial charge in [0, 0.05) is 24.8 Å². The van der Waals surface area contributed by atoms with Crippen LogP contribution in [-0.4, -0.2) is 44.6 Å². The SMILES string of the molecule is CCC(NC)c1ccc(N2CCOC(CO)C2)cc1. The quantitative estimate of drug-likeness (QED) is 0.847. The molecule has 106 valence electrons. The Hall–Kier alpha value is -1.10. The molecule has 2 N–H and O–H groups in total. The number of rotatable bonds is 5. The van der Waals surface area contributed by atoms with E-state index in [1.54, 1.807) is 0 Å². The van der Waals surface area contributed by atoms with Crippen LogP contribution < -0.4 is 10.2 Å². The summed E-state index contributed by atoms with van der Waals surface area (Å²) in [5.74, 6) is 0. The van der Waals surface area contributed by atoms with E-state index in [2.05, 4.69) is 41.4 Å². The predicted octanol–water partition coefficient (Wildman–Crippen LogP) is 1.55.